The monoisotopic (exact) mass is 455 g/mol. The van der Waals surface area contributed by atoms with Gasteiger partial charge in [0.25, 0.3) is 0 Å². The molecule has 0 aliphatic carbocycles. The molecule has 5 rings (SSSR count). The summed E-state index contributed by atoms with van der Waals surface area (Å²) in [6, 6.07) is 17.8. The Balaban J connectivity index is 1.90. The lowest BCUT2D eigenvalue weighted by Crippen LogP contribution is -1.96. The van der Waals surface area contributed by atoms with Gasteiger partial charge in [0.1, 0.15) is 16.7 Å². The van der Waals surface area contributed by atoms with Gasteiger partial charge in [-0.3, -0.25) is 15.0 Å². The molecule has 0 aliphatic heterocycles. The lowest BCUT2D eigenvalue weighted by Gasteiger charge is -2.19. The number of benzene rings is 2. The van der Waals surface area contributed by atoms with E-state index >= 15 is 0 Å². The van der Waals surface area contributed by atoms with E-state index in [9.17, 15) is 8.78 Å². The van der Waals surface area contributed by atoms with Crippen molar-refractivity contribution in [2.75, 3.05) is 0 Å². The van der Waals surface area contributed by atoms with Crippen molar-refractivity contribution in [2.24, 2.45) is 0 Å². The van der Waals surface area contributed by atoms with E-state index in [1.807, 2.05) is 48.5 Å². The maximum Gasteiger partial charge on any atom is 0.145 e. The number of hydrogen-bond donors (Lipinski definition) is 0. The van der Waals surface area contributed by atoms with Gasteiger partial charge in [0.15, 0.2) is 0 Å². The minimum atomic E-state index is -0.822. The SMILES string of the molecule is Fc1cc(-c2c(-c3cccnc3)cc(-c3cccnc3)cc2-c2cccnc2)cc(F)c1Cl. The van der Waals surface area contributed by atoms with Crippen molar-refractivity contribution in [3.05, 3.63) is 115 Å². The first-order chi connectivity index (χ1) is 16.1. The number of aromatic nitrogens is 3. The summed E-state index contributed by atoms with van der Waals surface area (Å²) in [6.07, 6.45) is 10.3. The quantitative estimate of drug-likeness (QED) is 0.264. The first-order valence-corrected chi connectivity index (χ1v) is 10.5. The highest BCUT2D eigenvalue weighted by Gasteiger charge is 2.20. The van der Waals surface area contributed by atoms with Gasteiger partial charge in [-0.05, 0) is 70.3 Å². The Morgan fingerprint density at radius 1 is 0.545 bits per heavy atom. The zero-order chi connectivity index (χ0) is 22.8. The van der Waals surface area contributed by atoms with Gasteiger partial charge in [-0.15, -0.1) is 0 Å². The van der Waals surface area contributed by atoms with E-state index in [1.165, 1.54) is 12.1 Å². The Labute approximate surface area is 194 Å². The maximum absolute atomic E-state index is 14.5. The third-order valence-corrected chi connectivity index (χ3v) is 5.71. The Kier molecular flexibility index (Phi) is 5.63. The Bertz CT molecular complexity index is 1340. The molecule has 160 valence electrons. The highest BCUT2D eigenvalue weighted by molar-refractivity contribution is 6.31. The average molecular weight is 456 g/mol. The third-order valence-electron chi connectivity index (χ3n) is 5.35. The second kappa shape index (κ2) is 8.88. The van der Waals surface area contributed by atoms with Gasteiger partial charge in [0.2, 0.25) is 0 Å². The molecule has 0 aliphatic rings. The number of halogens is 3. The largest absolute Gasteiger partial charge is 0.264 e. The fourth-order valence-corrected chi connectivity index (χ4v) is 3.96. The molecular weight excluding hydrogens is 440 g/mol. The van der Waals surface area contributed by atoms with E-state index < -0.39 is 16.7 Å². The van der Waals surface area contributed by atoms with Crippen LogP contribution in [0.5, 0.6) is 0 Å². The molecule has 0 unspecified atom stereocenters. The third kappa shape index (κ3) is 4.11. The minimum Gasteiger partial charge on any atom is -0.264 e. The standard InChI is InChI=1S/C27H16ClF2N3/c28-27-24(29)12-21(13-25(27)30)26-22(18-5-2-8-32-15-18)10-20(17-4-1-7-31-14-17)11-23(26)19-6-3-9-33-16-19/h1-16H. The van der Waals surface area contributed by atoms with Gasteiger partial charge >= 0.3 is 0 Å². The summed E-state index contributed by atoms with van der Waals surface area (Å²) in [7, 11) is 0. The first-order valence-electron chi connectivity index (χ1n) is 10.2. The molecule has 3 heterocycles. The van der Waals surface area contributed by atoms with Crippen molar-refractivity contribution in [3.8, 4) is 44.5 Å². The molecule has 6 heteroatoms. The first kappa shape index (κ1) is 20.9. The van der Waals surface area contributed by atoms with Crippen molar-refractivity contribution < 1.29 is 8.78 Å². The second-order valence-corrected chi connectivity index (χ2v) is 7.80. The van der Waals surface area contributed by atoms with E-state index in [4.69, 9.17) is 11.6 Å². The Hall–Kier alpha value is -3.96. The van der Waals surface area contributed by atoms with Crippen LogP contribution in [0.1, 0.15) is 0 Å². The van der Waals surface area contributed by atoms with Crippen molar-refractivity contribution in [2.45, 2.75) is 0 Å². The van der Waals surface area contributed by atoms with Gasteiger partial charge < -0.3 is 0 Å². The smallest absolute Gasteiger partial charge is 0.145 e. The molecule has 3 nitrogen and oxygen atoms in total. The van der Waals surface area contributed by atoms with Crippen LogP contribution in [0.25, 0.3) is 44.5 Å². The van der Waals surface area contributed by atoms with Crippen LogP contribution >= 0.6 is 11.6 Å². The fraction of sp³-hybridized carbons (Fsp3) is 0. The lowest BCUT2D eigenvalue weighted by molar-refractivity contribution is 0.585. The van der Waals surface area contributed by atoms with Crippen molar-refractivity contribution in [1.29, 1.82) is 0 Å². The van der Waals surface area contributed by atoms with Gasteiger partial charge in [-0.1, -0.05) is 29.8 Å². The minimum absolute atomic E-state index is 0.366. The predicted octanol–water partition coefficient (Wildman–Crippen LogP) is 7.47. The van der Waals surface area contributed by atoms with Crippen LogP contribution in [0.2, 0.25) is 5.02 Å². The molecule has 5 aromatic rings. The van der Waals surface area contributed by atoms with Crippen molar-refractivity contribution >= 4 is 11.6 Å². The molecule has 0 N–H and O–H groups in total. The molecule has 3 aromatic heterocycles. The van der Waals surface area contributed by atoms with Crippen molar-refractivity contribution in [1.82, 2.24) is 15.0 Å². The number of rotatable bonds is 4. The van der Waals surface area contributed by atoms with Crippen LogP contribution in [0, 0.1) is 11.6 Å². The number of nitrogens with zero attached hydrogens (tertiary/aromatic N) is 3. The van der Waals surface area contributed by atoms with Crippen LogP contribution in [0.4, 0.5) is 8.78 Å². The maximum atomic E-state index is 14.5. The Morgan fingerprint density at radius 3 is 1.42 bits per heavy atom. The zero-order valence-electron chi connectivity index (χ0n) is 17.2. The highest BCUT2D eigenvalue weighted by Crippen LogP contribution is 2.43. The fourth-order valence-electron chi connectivity index (χ4n) is 3.85. The molecule has 0 radical (unpaired) electrons. The molecule has 0 fully saturated rings. The summed E-state index contributed by atoms with van der Waals surface area (Å²) >= 11 is 5.78. The molecular formula is C27H16ClF2N3. The van der Waals surface area contributed by atoms with Crippen LogP contribution < -0.4 is 0 Å². The van der Waals surface area contributed by atoms with Crippen LogP contribution in [-0.2, 0) is 0 Å². The summed E-state index contributed by atoms with van der Waals surface area (Å²) in [5, 5.41) is -0.531. The highest BCUT2D eigenvalue weighted by atomic mass is 35.5. The summed E-state index contributed by atoms with van der Waals surface area (Å²) in [6.45, 7) is 0. The number of hydrogen-bond acceptors (Lipinski definition) is 3. The molecule has 0 spiro atoms. The molecule has 0 saturated heterocycles. The second-order valence-electron chi connectivity index (χ2n) is 7.43. The summed E-state index contributed by atoms with van der Waals surface area (Å²) in [5.41, 5.74) is 5.97. The van der Waals surface area contributed by atoms with E-state index in [1.54, 1.807) is 37.2 Å². The van der Waals surface area contributed by atoms with Gasteiger partial charge in [-0.2, -0.15) is 0 Å². The molecule has 0 bridgehead atoms. The normalized spacial score (nSPS) is 10.9. The zero-order valence-corrected chi connectivity index (χ0v) is 18.0. The summed E-state index contributed by atoms with van der Waals surface area (Å²) in [4.78, 5) is 12.8. The van der Waals surface area contributed by atoms with Crippen molar-refractivity contribution in [3.63, 3.8) is 0 Å². The lowest BCUT2D eigenvalue weighted by atomic mass is 9.85. The topological polar surface area (TPSA) is 38.7 Å². The van der Waals surface area contributed by atoms with Gasteiger partial charge in [0.05, 0.1) is 0 Å². The van der Waals surface area contributed by atoms with E-state index in [-0.39, 0.29) is 0 Å². The van der Waals surface area contributed by atoms with Crippen LogP contribution in [-0.4, -0.2) is 15.0 Å². The van der Waals surface area contributed by atoms with E-state index in [0.29, 0.717) is 11.1 Å². The van der Waals surface area contributed by atoms with Gasteiger partial charge in [-0.25, -0.2) is 8.78 Å². The molecule has 0 saturated carbocycles. The Morgan fingerprint density at radius 2 is 1.00 bits per heavy atom. The molecule has 0 amide bonds. The van der Waals surface area contributed by atoms with Crippen LogP contribution in [0.15, 0.2) is 97.8 Å². The predicted molar refractivity (Wildman–Crippen MR) is 126 cm³/mol. The van der Waals surface area contributed by atoms with E-state index in [2.05, 4.69) is 15.0 Å². The average Bonchev–Trinajstić information content (AvgIpc) is 2.88. The molecule has 33 heavy (non-hydrogen) atoms. The van der Waals surface area contributed by atoms with E-state index in [0.717, 1.165) is 33.4 Å². The van der Waals surface area contributed by atoms with Gasteiger partial charge in [0, 0.05) is 53.9 Å². The summed E-state index contributed by atoms with van der Waals surface area (Å²) < 4.78 is 29.1. The van der Waals surface area contributed by atoms with Crippen LogP contribution in [0.3, 0.4) is 0 Å². The molecule has 0 atom stereocenters. The number of pyridine rings is 3. The molecule has 2 aromatic carbocycles. The summed E-state index contributed by atoms with van der Waals surface area (Å²) in [5.74, 6) is -1.64.